The zero-order valence-corrected chi connectivity index (χ0v) is 34.5. The molecule has 0 bridgehead atoms. The van der Waals surface area contributed by atoms with Gasteiger partial charge < -0.3 is 39.4 Å². The van der Waals surface area contributed by atoms with Crippen LogP contribution in [0, 0.1) is 0 Å². The molecule has 54 heavy (non-hydrogen) atoms. The number of esters is 1. The molecule has 0 saturated carbocycles. The van der Waals surface area contributed by atoms with Crippen molar-refractivity contribution in [3.8, 4) is 0 Å². The second kappa shape index (κ2) is 37.0. The Balaban J connectivity index is 2.28. The van der Waals surface area contributed by atoms with Gasteiger partial charge in [-0.15, -0.1) is 0 Å². The Bertz CT molecular complexity index is 921. The minimum absolute atomic E-state index is 0.121. The zero-order chi connectivity index (χ0) is 39.3. The van der Waals surface area contributed by atoms with Gasteiger partial charge in [-0.05, 0) is 64.2 Å². The molecular weight excluding hydrogens is 684 g/mol. The smallest absolute Gasteiger partial charge is 0.306 e. The molecule has 9 heteroatoms. The number of carbonyl (C=O) groups excluding carboxylic acids is 1. The van der Waals surface area contributed by atoms with Crippen LogP contribution in [-0.2, 0) is 23.7 Å². The van der Waals surface area contributed by atoms with Gasteiger partial charge in [0.1, 0.15) is 30.5 Å². The monoisotopic (exact) mass is 767 g/mol. The number of carbonyl (C=O) groups is 1. The second-order valence-electron chi connectivity index (χ2n) is 15.1. The van der Waals surface area contributed by atoms with E-state index in [-0.39, 0.29) is 19.2 Å². The lowest BCUT2D eigenvalue weighted by Gasteiger charge is -2.39. The summed E-state index contributed by atoms with van der Waals surface area (Å²) in [6, 6.07) is 0. The Morgan fingerprint density at radius 2 is 1.09 bits per heavy atom. The van der Waals surface area contributed by atoms with Crippen molar-refractivity contribution in [2.24, 2.45) is 0 Å². The van der Waals surface area contributed by atoms with Crippen LogP contribution in [0.25, 0.3) is 0 Å². The third kappa shape index (κ3) is 27.9. The molecule has 316 valence electrons. The number of aliphatic hydroxyl groups excluding tert-OH is 4. The molecule has 0 aliphatic carbocycles. The van der Waals surface area contributed by atoms with E-state index >= 15 is 0 Å². The van der Waals surface area contributed by atoms with Crippen molar-refractivity contribution in [2.75, 3.05) is 26.4 Å². The molecule has 0 aromatic rings. The van der Waals surface area contributed by atoms with Crippen molar-refractivity contribution in [1.82, 2.24) is 0 Å². The lowest BCUT2D eigenvalue weighted by Crippen LogP contribution is -2.59. The highest BCUT2D eigenvalue weighted by Crippen LogP contribution is 2.22. The highest BCUT2D eigenvalue weighted by molar-refractivity contribution is 5.69. The Morgan fingerprint density at radius 1 is 0.593 bits per heavy atom. The van der Waals surface area contributed by atoms with Crippen LogP contribution in [0.1, 0.15) is 181 Å². The average molecular weight is 767 g/mol. The molecule has 1 fully saturated rings. The molecule has 6 atom stereocenters. The first-order valence-corrected chi connectivity index (χ1v) is 22.1. The summed E-state index contributed by atoms with van der Waals surface area (Å²) in [5.41, 5.74) is 0. The third-order valence-electron chi connectivity index (χ3n) is 10.0. The van der Waals surface area contributed by atoms with Crippen LogP contribution in [-0.4, -0.2) is 89.6 Å². The van der Waals surface area contributed by atoms with Gasteiger partial charge in [0.15, 0.2) is 6.29 Å². The minimum atomic E-state index is -1.54. The van der Waals surface area contributed by atoms with E-state index in [1.807, 2.05) is 0 Å². The standard InChI is InChI=1S/C45H82O9/c1-3-5-7-9-11-13-15-17-19-20-21-23-25-27-29-31-33-35-51-37-39(38-52-45-44(50)43(49)42(48)40(36-46)54-45)53-41(47)34-32-30-28-26-24-22-18-16-14-12-10-8-6-4-2/h10,12,16,18-20,39-40,42-46,48-50H,3-9,11,13-15,17,21-38H2,1-2H3/b12-10-,18-16-,20-19-. The Morgan fingerprint density at radius 3 is 1.67 bits per heavy atom. The molecule has 0 aromatic carbocycles. The van der Waals surface area contributed by atoms with Crippen LogP contribution in [0.4, 0.5) is 0 Å². The van der Waals surface area contributed by atoms with Crippen LogP contribution in [0.5, 0.6) is 0 Å². The fraction of sp³-hybridized carbons (Fsp3) is 0.844. The summed E-state index contributed by atoms with van der Waals surface area (Å²) in [5.74, 6) is -0.330. The Labute approximate surface area is 330 Å². The van der Waals surface area contributed by atoms with Crippen LogP contribution in [0.15, 0.2) is 36.5 Å². The summed E-state index contributed by atoms with van der Waals surface area (Å²) < 4.78 is 22.8. The van der Waals surface area contributed by atoms with Gasteiger partial charge in [0.2, 0.25) is 0 Å². The SMILES string of the molecule is CCCC/C=C\C/C=C\CCCCCCCC(=O)OC(COCCCCCCCC/C=C\CCCCCCCCC)COC1OC(CO)C(O)C(O)C1O. The topological polar surface area (TPSA) is 135 Å². The molecular formula is C45H82O9. The van der Waals surface area contributed by atoms with E-state index in [1.165, 1.54) is 96.3 Å². The fourth-order valence-corrected chi connectivity index (χ4v) is 6.50. The van der Waals surface area contributed by atoms with Crippen molar-refractivity contribution >= 4 is 5.97 Å². The van der Waals surface area contributed by atoms with E-state index < -0.39 is 43.4 Å². The predicted octanol–water partition coefficient (Wildman–Crippen LogP) is 9.58. The predicted molar refractivity (Wildman–Crippen MR) is 219 cm³/mol. The molecule has 6 unspecified atom stereocenters. The average Bonchev–Trinajstić information content (AvgIpc) is 3.17. The van der Waals surface area contributed by atoms with E-state index in [2.05, 4.69) is 50.3 Å². The number of hydrogen-bond donors (Lipinski definition) is 4. The number of rotatable bonds is 37. The van der Waals surface area contributed by atoms with Crippen LogP contribution in [0.3, 0.4) is 0 Å². The number of unbranched alkanes of at least 4 members (excludes halogenated alkanes) is 20. The fourth-order valence-electron chi connectivity index (χ4n) is 6.50. The molecule has 0 radical (unpaired) electrons. The van der Waals surface area contributed by atoms with E-state index in [4.69, 9.17) is 18.9 Å². The van der Waals surface area contributed by atoms with Crippen molar-refractivity contribution < 1.29 is 44.2 Å². The van der Waals surface area contributed by atoms with Gasteiger partial charge in [-0.3, -0.25) is 4.79 Å². The summed E-state index contributed by atoms with van der Waals surface area (Å²) in [5, 5.41) is 40.1. The van der Waals surface area contributed by atoms with Gasteiger partial charge in [0.25, 0.3) is 0 Å². The van der Waals surface area contributed by atoms with E-state index in [0.29, 0.717) is 13.0 Å². The van der Waals surface area contributed by atoms with Gasteiger partial charge in [0, 0.05) is 13.0 Å². The highest BCUT2D eigenvalue weighted by Gasteiger charge is 2.44. The van der Waals surface area contributed by atoms with Crippen molar-refractivity contribution in [2.45, 2.75) is 218 Å². The summed E-state index contributed by atoms with van der Waals surface area (Å²) in [7, 11) is 0. The first-order valence-electron chi connectivity index (χ1n) is 22.1. The molecule has 4 N–H and O–H groups in total. The van der Waals surface area contributed by atoms with E-state index in [0.717, 1.165) is 64.2 Å². The summed E-state index contributed by atoms with van der Waals surface area (Å²) >= 11 is 0. The molecule has 9 nitrogen and oxygen atoms in total. The van der Waals surface area contributed by atoms with Crippen molar-refractivity contribution in [3.05, 3.63) is 36.5 Å². The minimum Gasteiger partial charge on any atom is -0.457 e. The summed E-state index contributed by atoms with van der Waals surface area (Å²) in [6.45, 7) is 4.49. The van der Waals surface area contributed by atoms with Crippen molar-refractivity contribution in [1.29, 1.82) is 0 Å². The molecule has 1 rings (SSSR count). The number of aliphatic hydroxyl groups is 4. The maximum absolute atomic E-state index is 12.7. The van der Waals surface area contributed by atoms with Crippen LogP contribution < -0.4 is 0 Å². The molecule has 1 saturated heterocycles. The normalized spacial score (nSPS) is 21.2. The number of hydrogen-bond acceptors (Lipinski definition) is 9. The van der Waals surface area contributed by atoms with Gasteiger partial charge in [0.05, 0.1) is 19.8 Å². The van der Waals surface area contributed by atoms with Gasteiger partial charge in [-0.2, -0.15) is 0 Å². The summed E-state index contributed by atoms with van der Waals surface area (Å²) in [4.78, 5) is 12.7. The largest absolute Gasteiger partial charge is 0.457 e. The Hall–Kier alpha value is -1.59. The first-order chi connectivity index (χ1) is 26.4. The lowest BCUT2D eigenvalue weighted by molar-refractivity contribution is -0.305. The zero-order valence-electron chi connectivity index (χ0n) is 34.5. The number of allylic oxidation sites excluding steroid dienone is 6. The summed E-state index contributed by atoms with van der Waals surface area (Å²) in [6.07, 6.45) is 35.9. The molecule has 0 aromatic heterocycles. The molecule has 0 amide bonds. The molecule has 1 heterocycles. The van der Waals surface area contributed by atoms with E-state index in [9.17, 15) is 25.2 Å². The quantitative estimate of drug-likeness (QED) is 0.0277. The molecule has 0 spiro atoms. The highest BCUT2D eigenvalue weighted by atomic mass is 16.7. The van der Waals surface area contributed by atoms with Crippen LogP contribution >= 0.6 is 0 Å². The van der Waals surface area contributed by atoms with Gasteiger partial charge >= 0.3 is 5.97 Å². The number of ether oxygens (including phenoxy) is 4. The van der Waals surface area contributed by atoms with Crippen molar-refractivity contribution in [3.63, 3.8) is 0 Å². The molecule has 1 aliphatic rings. The lowest BCUT2D eigenvalue weighted by atomic mass is 9.99. The van der Waals surface area contributed by atoms with Gasteiger partial charge in [-0.1, -0.05) is 147 Å². The third-order valence-corrected chi connectivity index (χ3v) is 10.0. The second-order valence-corrected chi connectivity index (χ2v) is 15.1. The van der Waals surface area contributed by atoms with Gasteiger partial charge in [-0.25, -0.2) is 0 Å². The van der Waals surface area contributed by atoms with Crippen LogP contribution in [0.2, 0.25) is 0 Å². The molecule has 1 aliphatic heterocycles. The maximum Gasteiger partial charge on any atom is 0.306 e. The maximum atomic E-state index is 12.7. The first kappa shape index (κ1) is 50.4. The van der Waals surface area contributed by atoms with E-state index in [1.54, 1.807) is 0 Å². The Kier molecular flexibility index (Phi) is 34.6.